The van der Waals surface area contributed by atoms with Crippen LogP contribution >= 0.6 is 11.8 Å². The van der Waals surface area contributed by atoms with Crippen molar-refractivity contribution < 1.29 is 9.59 Å². The fourth-order valence-electron chi connectivity index (χ4n) is 2.14. The van der Waals surface area contributed by atoms with E-state index >= 15 is 0 Å². The lowest BCUT2D eigenvalue weighted by Gasteiger charge is -2.10. The van der Waals surface area contributed by atoms with Crippen LogP contribution in [0, 0.1) is 0 Å². The van der Waals surface area contributed by atoms with Crippen molar-refractivity contribution in [1.29, 1.82) is 0 Å². The minimum Gasteiger partial charge on any atom is -0.345 e. The lowest BCUT2D eigenvalue weighted by atomic mass is 10.2. The van der Waals surface area contributed by atoms with Crippen molar-refractivity contribution in [3.05, 3.63) is 35.7 Å². The van der Waals surface area contributed by atoms with Crippen molar-refractivity contribution in [2.45, 2.75) is 23.9 Å². The number of thioether (sulfide) groups is 1. The van der Waals surface area contributed by atoms with Gasteiger partial charge in [0.25, 0.3) is 5.91 Å². The predicted molar refractivity (Wildman–Crippen MR) is 92.2 cm³/mol. The molecule has 1 heterocycles. The molecule has 0 saturated heterocycles. The maximum absolute atomic E-state index is 12.0. The van der Waals surface area contributed by atoms with Gasteiger partial charge in [-0.1, -0.05) is 11.8 Å². The molecule has 0 bridgehead atoms. The molecular weight excluding hydrogens is 326 g/mol. The molecule has 0 spiro atoms. The molecule has 1 aliphatic rings. The van der Waals surface area contributed by atoms with E-state index in [9.17, 15) is 9.59 Å². The summed E-state index contributed by atoms with van der Waals surface area (Å²) in [6.45, 7) is 0. The fraction of sp³-hybridized carbons (Fsp3) is 0.375. The summed E-state index contributed by atoms with van der Waals surface area (Å²) >= 11 is 1.30. The molecule has 1 aliphatic carbocycles. The minimum atomic E-state index is -0.135. The van der Waals surface area contributed by atoms with Crippen LogP contribution in [0.2, 0.25) is 0 Å². The highest BCUT2D eigenvalue weighted by Crippen LogP contribution is 2.38. The molecule has 1 aromatic carbocycles. The molecule has 3 rings (SSSR count). The van der Waals surface area contributed by atoms with E-state index in [1.165, 1.54) is 16.7 Å². The van der Waals surface area contributed by atoms with Crippen molar-refractivity contribution in [2.24, 2.45) is 0 Å². The van der Waals surface area contributed by atoms with Crippen LogP contribution in [0.5, 0.6) is 0 Å². The second-order valence-electron chi connectivity index (χ2n) is 5.89. The van der Waals surface area contributed by atoms with Gasteiger partial charge in [0.1, 0.15) is 5.82 Å². The number of rotatable bonds is 6. The largest absolute Gasteiger partial charge is 0.345 e. The van der Waals surface area contributed by atoms with Gasteiger partial charge in [0.05, 0.1) is 5.75 Å². The second kappa shape index (κ2) is 7.04. The highest BCUT2D eigenvalue weighted by molar-refractivity contribution is 7.99. The zero-order valence-electron chi connectivity index (χ0n) is 13.6. The molecular formula is C16H19N5O2S. The van der Waals surface area contributed by atoms with E-state index < -0.39 is 0 Å². The summed E-state index contributed by atoms with van der Waals surface area (Å²) in [6.07, 6.45) is 2.32. The Morgan fingerprint density at radius 2 is 2.00 bits per heavy atom. The Morgan fingerprint density at radius 1 is 1.29 bits per heavy atom. The van der Waals surface area contributed by atoms with E-state index in [1.54, 1.807) is 38.4 Å². The van der Waals surface area contributed by atoms with Gasteiger partial charge in [-0.25, -0.2) is 4.98 Å². The number of hydrogen-bond donors (Lipinski definition) is 2. The van der Waals surface area contributed by atoms with Gasteiger partial charge in [-0.3, -0.25) is 14.7 Å². The smallest absolute Gasteiger partial charge is 0.253 e. The van der Waals surface area contributed by atoms with Crippen molar-refractivity contribution >= 4 is 29.3 Å². The number of H-pyrrole nitrogens is 1. The molecule has 0 aliphatic heterocycles. The number of carbonyl (C=O) groups is 2. The minimum absolute atomic E-state index is 0.0699. The van der Waals surface area contributed by atoms with Gasteiger partial charge < -0.3 is 10.2 Å². The van der Waals surface area contributed by atoms with Crippen LogP contribution < -0.4 is 5.32 Å². The predicted octanol–water partition coefficient (Wildman–Crippen LogP) is 2.11. The molecule has 0 radical (unpaired) electrons. The fourth-order valence-corrected chi connectivity index (χ4v) is 2.75. The third-order valence-electron chi connectivity index (χ3n) is 3.60. The summed E-state index contributed by atoms with van der Waals surface area (Å²) in [5.74, 6) is 1.47. The third kappa shape index (κ3) is 4.14. The molecule has 2 amide bonds. The molecule has 1 fully saturated rings. The first-order valence-corrected chi connectivity index (χ1v) is 8.68. The highest BCUT2D eigenvalue weighted by Gasteiger charge is 2.27. The van der Waals surface area contributed by atoms with E-state index in [0.29, 0.717) is 22.3 Å². The first-order chi connectivity index (χ1) is 11.5. The summed E-state index contributed by atoms with van der Waals surface area (Å²) in [5.41, 5.74) is 1.24. The number of nitrogens with zero attached hydrogens (tertiary/aromatic N) is 3. The normalized spacial score (nSPS) is 13.6. The van der Waals surface area contributed by atoms with Crippen LogP contribution in [0.1, 0.15) is 34.9 Å². The number of aromatic nitrogens is 3. The SMILES string of the molecule is CN(C)C(=O)c1ccc(NC(=O)CSc2n[nH]c(C3CC3)n2)cc1. The summed E-state index contributed by atoms with van der Waals surface area (Å²) < 4.78 is 0. The lowest BCUT2D eigenvalue weighted by molar-refractivity contribution is -0.113. The third-order valence-corrected chi connectivity index (χ3v) is 4.45. The molecule has 0 unspecified atom stereocenters. The van der Waals surface area contributed by atoms with E-state index in [1.807, 2.05) is 0 Å². The Labute approximate surface area is 144 Å². The van der Waals surface area contributed by atoms with Gasteiger partial charge in [-0.15, -0.1) is 5.10 Å². The summed E-state index contributed by atoms with van der Waals surface area (Å²) in [4.78, 5) is 29.7. The molecule has 126 valence electrons. The molecule has 2 aromatic rings. The van der Waals surface area contributed by atoms with E-state index in [-0.39, 0.29) is 17.6 Å². The van der Waals surface area contributed by atoms with Crippen LogP contribution in [0.15, 0.2) is 29.4 Å². The van der Waals surface area contributed by atoms with Crippen LogP contribution in [0.3, 0.4) is 0 Å². The zero-order chi connectivity index (χ0) is 17.1. The van der Waals surface area contributed by atoms with Crippen molar-refractivity contribution in [2.75, 3.05) is 25.2 Å². The van der Waals surface area contributed by atoms with Crippen LogP contribution in [-0.4, -0.2) is 51.7 Å². The van der Waals surface area contributed by atoms with Gasteiger partial charge in [0, 0.05) is 31.3 Å². The molecule has 1 aromatic heterocycles. The number of benzene rings is 1. The Balaban J connectivity index is 1.49. The second-order valence-corrected chi connectivity index (χ2v) is 6.83. The summed E-state index contributed by atoms with van der Waals surface area (Å²) in [5, 5.41) is 10.4. The van der Waals surface area contributed by atoms with Crippen molar-refractivity contribution in [3.8, 4) is 0 Å². The Hall–Kier alpha value is -2.35. The summed E-state index contributed by atoms with van der Waals surface area (Å²) in [7, 11) is 3.40. The number of amides is 2. The van der Waals surface area contributed by atoms with Gasteiger partial charge >= 0.3 is 0 Å². The van der Waals surface area contributed by atoms with Gasteiger partial charge in [0.15, 0.2) is 0 Å². The zero-order valence-corrected chi connectivity index (χ0v) is 14.4. The Kier molecular flexibility index (Phi) is 4.84. The van der Waals surface area contributed by atoms with Crippen LogP contribution in [0.4, 0.5) is 5.69 Å². The highest BCUT2D eigenvalue weighted by atomic mass is 32.2. The first kappa shape index (κ1) is 16.5. The number of aromatic amines is 1. The van der Waals surface area contributed by atoms with Crippen LogP contribution in [-0.2, 0) is 4.79 Å². The number of anilines is 1. The number of hydrogen-bond acceptors (Lipinski definition) is 5. The van der Waals surface area contributed by atoms with Crippen molar-refractivity contribution in [3.63, 3.8) is 0 Å². The van der Waals surface area contributed by atoms with E-state index in [2.05, 4.69) is 20.5 Å². The van der Waals surface area contributed by atoms with Crippen LogP contribution in [0.25, 0.3) is 0 Å². The number of carbonyl (C=O) groups excluding carboxylic acids is 2. The van der Waals surface area contributed by atoms with E-state index in [0.717, 1.165) is 18.7 Å². The monoisotopic (exact) mass is 345 g/mol. The molecule has 8 heteroatoms. The molecule has 7 nitrogen and oxygen atoms in total. The molecule has 2 N–H and O–H groups in total. The first-order valence-electron chi connectivity index (χ1n) is 7.69. The quantitative estimate of drug-likeness (QED) is 0.783. The van der Waals surface area contributed by atoms with Gasteiger partial charge in [-0.05, 0) is 37.1 Å². The maximum Gasteiger partial charge on any atom is 0.253 e. The van der Waals surface area contributed by atoms with E-state index in [4.69, 9.17) is 0 Å². The summed E-state index contributed by atoms with van der Waals surface area (Å²) in [6, 6.07) is 6.83. The average Bonchev–Trinajstić information content (AvgIpc) is 3.31. The van der Waals surface area contributed by atoms with Gasteiger partial charge in [-0.2, -0.15) is 0 Å². The standard InChI is InChI=1S/C16H19N5O2S/c1-21(2)15(23)11-5-7-12(8-6-11)17-13(22)9-24-16-18-14(19-20-16)10-3-4-10/h5-8,10H,3-4,9H2,1-2H3,(H,17,22)(H,18,19,20). The topological polar surface area (TPSA) is 91.0 Å². The Bertz CT molecular complexity index is 737. The Morgan fingerprint density at radius 3 is 2.62 bits per heavy atom. The molecule has 0 atom stereocenters. The maximum atomic E-state index is 12.0. The molecule has 1 saturated carbocycles. The average molecular weight is 345 g/mol. The van der Waals surface area contributed by atoms with Crippen molar-refractivity contribution in [1.82, 2.24) is 20.1 Å². The molecule has 24 heavy (non-hydrogen) atoms. The number of nitrogens with one attached hydrogen (secondary N) is 2. The van der Waals surface area contributed by atoms with Gasteiger partial charge in [0.2, 0.25) is 11.1 Å². The lowest BCUT2D eigenvalue weighted by Crippen LogP contribution is -2.21.